The Morgan fingerprint density at radius 2 is 2.00 bits per heavy atom. The van der Waals surface area contributed by atoms with Crippen LogP contribution >= 0.6 is 11.8 Å². The van der Waals surface area contributed by atoms with Crippen molar-refractivity contribution in [2.75, 3.05) is 11.1 Å². The molecule has 0 radical (unpaired) electrons. The van der Waals surface area contributed by atoms with E-state index < -0.39 is 0 Å². The molecule has 1 aromatic rings. The zero-order valence-corrected chi connectivity index (χ0v) is 11.0. The molecule has 1 saturated carbocycles. The molecular formula is C14H16FNOS. The van der Waals surface area contributed by atoms with E-state index in [0.29, 0.717) is 0 Å². The van der Waals surface area contributed by atoms with Gasteiger partial charge in [0, 0.05) is 10.6 Å². The number of thioether (sulfide) groups is 1. The van der Waals surface area contributed by atoms with E-state index in [9.17, 15) is 9.18 Å². The van der Waals surface area contributed by atoms with Crippen LogP contribution in [0, 0.1) is 11.2 Å². The van der Waals surface area contributed by atoms with Gasteiger partial charge in [0.05, 0.1) is 11.1 Å². The Kier molecular flexibility index (Phi) is 3.06. The van der Waals surface area contributed by atoms with Gasteiger partial charge in [-0.3, -0.25) is 4.79 Å². The second-order valence-corrected chi connectivity index (χ2v) is 6.24. The number of benzene rings is 1. The van der Waals surface area contributed by atoms with Crippen LogP contribution in [0.4, 0.5) is 10.1 Å². The monoisotopic (exact) mass is 265 g/mol. The fourth-order valence-corrected chi connectivity index (χ4v) is 4.18. The average molecular weight is 265 g/mol. The first kappa shape index (κ1) is 12.0. The molecule has 2 nitrogen and oxygen atoms in total. The molecule has 1 amide bonds. The number of carbonyl (C=O) groups excluding carboxylic acids is 1. The summed E-state index contributed by atoms with van der Waals surface area (Å²) >= 11 is 1.61. The SMILES string of the molecule is O=C1Nc2ccc(F)cc2SCC12CCCCC2. The van der Waals surface area contributed by atoms with Crippen molar-refractivity contribution in [3.05, 3.63) is 24.0 Å². The van der Waals surface area contributed by atoms with Crippen LogP contribution in [-0.4, -0.2) is 11.7 Å². The zero-order chi connectivity index (χ0) is 12.6. The highest BCUT2D eigenvalue weighted by Gasteiger charge is 2.41. The fraction of sp³-hybridized carbons (Fsp3) is 0.500. The van der Waals surface area contributed by atoms with Crippen LogP contribution in [0.25, 0.3) is 0 Å². The van der Waals surface area contributed by atoms with Gasteiger partial charge in [0.25, 0.3) is 0 Å². The lowest BCUT2D eigenvalue weighted by Gasteiger charge is -2.33. The molecule has 0 atom stereocenters. The van der Waals surface area contributed by atoms with Crippen molar-refractivity contribution in [3.63, 3.8) is 0 Å². The van der Waals surface area contributed by atoms with Crippen molar-refractivity contribution in [3.8, 4) is 0 Å². The van der Waals surface area contributed by atoms with Gasteiger partial charge in [-0.25, -0.2) is 4.39 Å². The van der Waals surface area contributed by atoms with E-state index in [0.717, 1.165) is 42.0 Å². The molecule has 18 heavy (non-hydrogen) atoms. The molecule has 1 aromatic carbocycles. The number of amides is 1. The summed E-state index contributed by atoms with van der Waals surface area (Å²) < 4.78 is 13.2. The molecular weight excluding hydrogens is 249 g/mol. The number of hydrogen-bond acceptors (Lipinski definition) is 2. The maximum absolute atomic E-state index is 13.2. The Bertz CT molecular complexity index is 483. The lowest BCUT2D eigenvalue weighted by Crippen LogP contribution is -2.39. The fourth-order valence-electron chi connectivity index (χ4n) is 2.86. The highest BCUT2D eigenvalue weighted by atomic mass is 32.2. The predicted octanol–water partition coefficient (Wildman–Crippen LogP) is 3.82. The summed E-state index contributed by atoms with van der Waals surface area (Å²) in [7, 11) is 0. The molecule has 2 aliphatic rings. The van der Waals surface area contributed by atoms with Crippen molar-refractivity contribution >= 4 is 23.4 Å². The molecule has 4 heteroatoms. The van der Waals surface area contributed by atoms with Crippen molar-refractivity contribution in [2.45, 2.75) is 37.0 Å². The van der Waals surface area contributed by atoms with Crippen LogP contribution in [0.1, 0.15) is 32.1 Å². The van der Waals surface area contributed by atoms with Gasteiger partial charge in [0.2, 0.25) is 5.91 Å². The first-order valence-electron chi connectivity index (χ1n) is 6.43. The van der Waals surface area contributed by atoms with Crippen LogP contribution in [0.15, 0.2) is 23.1 Å². The van der Waals surface area contributed by atoms with E-state index in [-0.39, 0.29) is 17.1 Å². The number of hydrogen-bond donors (Lipinski definition) is 1. The molecule has 1 heterocycles. The van der Waals surface area contributed by atoms with Crippen LogP contribution in [-0.2, 0) is 4.79 Å². The van der Waals surface area contributed by atoms with Gasteiger partial charge in [-0.05, 0) is 31.0 Å². The van der Waals surface area contributed by atoms with Crippen LogP contribution in [0.2, 0.25) is 0 Å². The average Bonchev–Trinajstić information content (AvgIpc) is 2.51. The maximum atomic E-state index is 13.2. The van der Waals surface area contributed by atoms with Gasteiger partial charge >= 0.3 is 0 Å². The summed E-state index contributed by atoms with van der Waals surface area (Å²) in [5, 5.41) is 2.98. The number of nitrogens with one attached hydrogen (secondary N) is 1. The standard InChI is InChI=1S/C14H16FNOS/c15-10-4-5-11-12(8-10)18-9-14(13(17)16-11)6-2-1-3-7-14/h4-5,8H,1-3,6-7,9H2,(H,16,17). The van der Waals surface area contributed by atoms with E-state index >= 15 is 0 Å². The maximum Gasteiger partial charge on any atom is 0.231 e. The summed E-state index contributed by atoms with van der Waals surface area (Å²) in [6.45, 7) is 0. The molecule has 96 valence electrons. The smallest absolute Gasteiger partial charge is 0.231 e. The summed E-state index contributed by atoms with van der Waals surface area (Å²) in [6.07, 6.45) is 5.39. The lowest BCUT2D eigenvalue weighted by atomic mass is 9.75. The predicted molar refractivity (Wildman–Crippen MR) is 71.3 cm³/mol. The first-order chi connectivity index (χ1) is 8.70. The summed E-state index contributed by atoms with van der Waals surface area (Å²) in [5.41, 5.74) is 0.521. The third-order valence-corrected chi connectivity index (χ3v) is 5.33. The Labute approximate surface area is 110 Å². The number of halogens is 1. The Balaban J connectivity index is 1.92. The third-order valence-electron chi connectivity index (χ3n) is 3.99. The molecule has 0 aromatic heterocycles. The van der Waals surface area contributed by atoms with Crippen molar-refractivity contribution < 1.29 is 9.18 Å². The van der Waals surface area contributed by atoms with Crippen LogP contribution < -0.4 is 5.32 Å². The highest BCUT2D eigenvalue weighted by Crippen LogP contribution is 2.45. The molecule has 1 N–H and O–H groups in total. The topological polar surface area (TPSA) is 29.1 Å². The Morgan fingerprint density at radius 3 is 2.78 bits per heavy atom. The Morgan fingerprint density at radius 1 is 1.22 bits per heavy atom. The van der Waals surface area contributed by atoms with E-state index in [1.54, 1.807) is 17.8 Å². The summed E-state index contributed by atoms with van der Waals surface area (Å²) in [6, 6.07) is 4.58. The van der Waals surface area contributed by atoms with E-state index in [4.69, 9.17) is 0 Å². The largest absolute Gasteiger partial charge is 0.325 e. The minimum absolute atomic E-state index is 0.125. The molecule has 0 unspecified atom stereocenters. The number of fused-ring (bicyclic) bond motifs is 1. The quantitative estimate of drug-likeness (QED) is 0.772. The van der Waals surface area contributed by atoms with Gasteiger partial charge in [0.15, 0.2) is 0 Å². The van der Waals surface area contributed by atoms with Gasteiger partial charge in [-0.15, -0.1) is 11.8 Å². The van der Waals surface area contributed by atoms with E-state index in [1.165, 1.54) is 18.6 Å². The second kappa shape index (κ2) is 4.57. The minimum Gasteiger partial charge on any atom is -0.325 e. The number of rotatable bonds is 0. The molecule has 1 aliphatic carbocycles. The summed E-state index contributed by atoms with van der Waals surface area (Å²) in [5.74, 6) is 0.658. The molecule has 1 aliphatic heterocycles. The highest BCUT2D eigenvalue weighted by molar-refractivity contribution is 7.99. The van der Waals surface area contributed by atoms with Crippen molar-refractivity contribution in [2.24, 2.45) is 5.41 Å². The normalized spacial score (nSPS) is 22.2. The van der Waals surface area contributed by atoms with E-state index in [2.05, 4.69) is 5.32 Å². The zero-order valence-electron chi connectivity index (χ0n) is 10.2. The molecule has 1 fully saturated rings. The van der Waals surface area contributed by atoms with Gasteiger partial charge in [-0.2, -0.15) is 0 Å². The van der Waals surface area contributed by atoms with Gasteiger partial charge in [0.1, 0.15) is 5.82 Å². The van der Waals surface area contributed by atoms with Crippen LogP contribution in [0.5, 0.6) is 0 Å². The van der Waals surface area contributed by atoms with Crippen molar-refractivity contribution in [1.29, 1.82) is 0 Å². The Hall–Kier alpha value is -1.03. The van der Waals surface area contributed by atoms with Gasteiger partial charge < -0.3 is 5.32 Å². The number of carbonyl (C=O) groups is 1. The second-order valence-electron chi connectivity index (χ2n) is 5.22. The number of anilines is 1. The summed E-state index contributed by atoms with van der Waals surface area (Å²) in [4.78, 5) is 13.3. The third kappa shape index (κ3) is 2.03. The van der Waals surface area contributed by atoms with E-state index in [1.807, 2.05) is 0 Å². The molecule has 1 spiro atoms. The molecule has 0 saturated heterocycles. The molecule has 3 rings (SSSR count). The van der Waals surface area contributed by atoms with Gasteiger partial charge in [-0.1, -0.05) is 19.3 Å². The first-order valence-corrected chi connectivity index (χ1v) is 7.42. The van der Waals surface area contributed by atoms with Crippen molar-refractivity contribution in [1.82, 2.24) is 0 Å². The van der Waals surface area contributed by atoms with Crippen LogP contribution in [0.3, 0.4) is 0 Å². The molecule has 0 bridgehead atoms. The minimum atomic E-state index is -0.241. The lowest BCUT2D eigenvalue weighted by molar-refractivity contribution is -0.126.